The Balaban J connectivity index is 1.64. The van der Waals surface area contributed by atoms with Gasteiger partial charge >= 0.3 is 0 Å². The maximum atomic E-state index is 1.64. The average molecular weight is 483 g/mol. The van der Waals surface area contributed by atoms with Gasteiger partial charge in [-0.1, -0.05) is 128 Å². The number of hydrogen-bond acceptors (Lipinski definition) is 0. The normalized spacial score (nSPS) is 31.9. The quantitative estimate of drug-likeness (QED) is 0.349. The molecule has 0 aromatic carbocycles. The molecule has 202 valence electrons. The lowest BCUT2D eigenvalue weighted by atomic mass is 9.37. The highest BCUT2D eigenvalue weighted by Gasteiger charge is 2.64. The highest BCUT2D eigenvalue weighted by Crippen LogP contribution is 2.73. The molecule has 5 aliphatic carbocycles. The van der Waals surface area contributed by atoms with E-state index in [1.807, 2.05) is 0 Å². The van der Waals surface area contributed by atoms with Crippen molar-refractivity contribution in [2.75, 3.05) is 0 Å². The first-order chi connectivity index (χ1) is 17.3. The smallest absolute Gasteiger partial charge is 0.0179 e. The fourth-order valence-electron chi connectivity index (χ4n) is 11.8. The minimum absolute atomic E-state index is 0.683. The van der Waals surface area contributed by atoms with Crippen molar-refractivity contribution in [3.63, 3.8) is 0 Å². The zero-order valence-corrected chi connectivity index (χ0v) is 23.9. The Bertz CT molecular complexity index is 578. The largest absolute Gasteiger partial charge is 0.0533 e. The van der Waals surface area contributed by atoms with E-state index in [4.69, 9.17) is 0 Å². The van der Waals surface area contributed by atoms with Crippen LogP contribution in [0.25, 0.3) is 0 Å². The Morgan fingerprint density at radius 2 is 0.514 bits per heavy atom. The van der Waals surface area contributed by atoms with E-state index in [1.165, 1.54) is 32.1 Å². The molecule has 0 atom stereocenters. The van der Waals surface area contributed by atoms with E-state index in [0.717, 1.165) is 11.8 Å². The summed E-state index contributed by atoms with van der Waals surface area (Å²) in [4.78, 5) is 0. The van der Waals surface area contributed by atoms with Crippen molar-refractivity contribution in [2.24, 2.45) is 28.1 Å². The highest BCUT2D eigenvalue weighted by atomic mass is 14.7. The summed E-state index contributed by atoms with van der Waals surface area (Å²) < 4.78 is 0. The van der Waals surface area contributed by atoms with Gasteiger partial charge < -0.3 is 0 Å². The first-order valence-corrected chi connectivity index (χ1v) is 17.3. The molecule has 0 aliphatic heterocycles. The van der Waals surface area contributed by atoms with Gasteiger partial charge in [0.05, 0.1) is 0 Å². The van der Waals surface area contributed by atoms with Crippen LogP contribution in [0.1, 0.15) is 193 Å². The van der Waals surface area contributed by atoms with Crippen molar-refractivity contribution in [3.8, 4) is 0 Å². The van der Waals surface area contributed by atoms with Crippen LogP contribution >= 0.6 is 0 Å². The molecule has 5 rings (SSSR count). The molecule has 0 aromatic rings. The summed E-state index contributed by atoms with van der Waals surface area (Å²) >= 11 is 0. The Morgan fingerprint density at radius 3 is 0.914 bits per heavy atom. The molecule has 0 N–H and O–H groups in total. The van der Waals surface area contributed by atoms with Gasteiger partial charge in [-0.15, -0.1) is 0 Å². The van der Waals surface area contributed by atoms with Crippen LogP contribution < -0.4 is 0 Å². The zero-order chi connectivity index (χ0) is 23.9. The maximum Gasteiger partial charge on any atom is -0.0179 e. The van der Waals surface area contributed by atoms with E-state index in [-0.39, 0.29) is 0 Å². The first kappa shape index (κ1) is 26.6. The van der Waals surface area contributed by atoms with Crippen molar-refractivity contribution in [2.45, 2.75) is 193 Å². The second-order valence-corrected chi connectivity index (χ2v) is 14.5. The minimum atomic E-state index is 0.683. The average Bonchev–Trinajstić information content (AvgIpc) is 3.35. The van der Waals surface area contributed by atoms with Gasteiger partial charge in [0.2, 0.25) is 0 Å². The van der Waals surface area contributed by atoms with Crippen LogP contribution in [0.4, 0.5) is 0 Å². The monoisotopic (exact) mass is 482 g/mol. The van der Waals surface area contributed by atoms with Gasteiger partial charge in [0, 0.05) is 0 Å². The molecule has 0 aromatic heterocycles. The summed E-state index contributed by atoms with van der Waals surface area (Å²) in [6.07, 6.45) is 47.2. The fourth-order valence-corrected chi connectivity index (χ4v) is 11.8. The summed E-state index contributed by atoms with van der Waals surface area (Å²) in [5, 5.41) is 0. The lowest BCUT2D eigenvalue weighted by Gasteiger charge is -2.67. The molecule has 5 aliphatic rings. The standard InChI is InChI=1S/C35H62/c1-2-5-12-22-31(21-11-4-1)33(25-15-6-3-7-16-26-33)35(29-19-8-9-20-30-35)34(27-17-10-18-28-34)32-23-13-14-24-32/h31-32H,1-30H2. The van der Waals surface area contributed by atoms with E-state index >= 15 is 0 Å². The van der Waals surface area contributed by atoms with E-state index in [0.29, 0.717) is 16.2 Å². The maximum absolute atomic E-state index is 1.64. The highest BCUT2D eigenvalue weighted by molar-refractivity contribution is 5.14. The van der Waals surface area contributed by atoms with Crippen LogP contribution in [0.15, 0.2) is 0 Å². The zero-order valence-electron chi connectivity index (χ0n) is 23.9. The topological polar surface area (TPSA) is 0 Å². The third-order valence-electron chi connectivity index (χ3n) is 13.1. The molecule has 0 amide bonds. The Morgan fingerprint density at radius 1 is 0.257 bits per heavy atom. The fraction of sp³-hybridized carbons (Fsp3) is 1.00. The van der Waals surface area contributed by atoms with Crippen LogP contribution in [-0.2, 0) is 0 Å². The predicted molar refractivity (Wildman–Crippen MR) is 153 cm³/mol. The molecule has 5 saturated carbocycles. The molecule has 35 heavy (non-hydrogen) atoms. The number of hydrogen-bond donors (Lipinski definition) is 0. The predicted octanol–water partition coefficient (Wildman–Crippen LogP) is 11.9. The molecular weight excluding hydrogens is 420 g/mol. The van der Waals surface area contributed by atoms with Gasteiger partial charge in [0.25, 0.3) is 0 Å². The summed E-state index contributed by atoms with van der Waals surface area (Å²) in [5.41, 5.74) is 2.08. The van der Waals surface area contributed by atoms with Gasteiger partial charge in [-0.2, -0.15) is 0 Å². The molecule has 0 heteroatoms. The summed E-state index contributed by atoms with van der Waals surface area (Å²) in [6.45, 7) is 0. The second-order valence-electron chi connectivity index (χ2n) is 14.5. The summed E-state index contributed by atoms with van der Waals surface area (Å²) in [5.74, 6) is 2.14. The second kappa shape index (κ2) is 12.7. The van der Waals surface area contributed by atoms with E-state index < -0.39 is 0 Å². The molecular formula is C35H62. The van der Waals surface area contributed by atoms with E-state index in [1.54, 1.807) is 161 Å². The molecule has 0 saturated heterocycles. The van der Waals surface area contributed by atoms with Gasteiger partial charge in [0.1, 0.15) is 0 Å². The summed E-state index contributed by atoms with van der Waals surface area (Å²) in [7, 11) is 0. The van der Waals surface area contributed by atoms with Crippen molar-refractivity contribution < 1.29 is 0 Å². The van der Waals surface area contributed by atoms with Crippen LogP contribution in [0.2, 0.25) is 0 Å². The van der Waals surface area contributed by atoms with Crippen LogP contribution in [-0.4, -0.2) is 0 Å². The van der Waals surface area contributed by atoms with Gasteiger partial charge in [-0.25, -0.2) is 0 Å². The Labute approximate surface area is 220 Å². The molecule has 0 unspecified atom stereocenters. The molecule has 0 heterocycles. The van der Waals surface area contributed by atoms with Crippen molar-refractivity contribution >= 4 is 0 Å². The van der Waals surface area contributed by atoms with E-state index in [9.17, 15) is 0 Å². The van der Waals surface area contributed by atoms with Crippen LogP contribution in [0, 0.1) is 28.1 Å². The lowest BCUT2D eigenvalue weighted by molar-refractivity contribution is -0.187. The SMILES string of the molecule is C1CCCCC(C2(C3(C4(C5CCCC5)CCCCC4)CCCCCC3)CCCCCCC2)CCC1. The third-order valence-corrected chi connectivity index (χ3v) is 13.1. The molecule has 0 radical (unpaired) electrons. The van der Waals surface area contributed by atoms with Crippen LogP contribution in [0.3, 0.4) is 0 Å². The van der Waals surface area contributed by atoms with E-state index in [2.05, 4.69) is 0 Å². The molecule has 0 bridgehead atoms. The minimum Gasteiger partial charge on any atom is -0.0533 e. The Kier molecular flexibility index (Phi) is 9.65. The van der Waals surface area contributed by atoms with Gasteiger partial charge in [-0.3, -0.25) is 0 Å². The lowest BCUT2D eigenvalue weighted by Crippen LogP contribution is -2.60. The molecule has 0 spiro atoms. The van der Waals surface area contributed by atoms with Gasteiger partial charge in [0.15, 0.2) is 0 Å². The van der Waals surface area contributed by atoms with Crippen molar-refractivity contribution in [1.29, 1.82) is 0 Å². The third kappa shape index (κ3) is 5.31. The van der Waals surface area contributed by atoms with Crippen molar-refractivity contribution in [1.82, 2.24) is 0 Å². The number of rotatable bonds is 4. The van der Waals surface area contributed by atoms with Gasteiger partial charge in [-0.05, 0) is 92.3 Å². The van der Waals surface area contributed by atoms with Crippen molar-refractivity contribution in [3.05, 3.63) is 0 Å². The first-order valence-electron chi connectivity index (χ1n) is 17.3. The Hall–Kier alpha value is 0. The molecule has 5 fully saturated rings. The van der Waals surface area contributed by atoms with Crippen LogP contribution in [0.5, 0.6) is 0 Å². The molecule has 0 nitrogen and oxygen atoms in total. The summed E-state index contributed by atoms with van der Waals surface area (Å²) in [6, 6.07) is 0.